The van der Waals surface area contributed by atoms with Crippen molar-refractivity contribution in [3.8, 4) is 0 Å². The summed E-state index contributed by atoms with van der Waals surface area (Å²) < 4.78 is 3.25. The second-order valence-electron chi connectivity index (χ2n) is 4.20. The van der Waals surface area contributed by atoms with Crippen LogP contribution in [0.5, 0.6) is 0 Å². The molecular formula is C13H16N2OS. The number of rotatable bonds is 2. The second-order valence-corrected chi connectivity index (χ2v) is 5.21. The average Bonchev–Trinajstić information content (AvgIpc) is 2.65. The van der Waals surface area contributed by atoms with E-state index in [9.17, 15) is 4.79 Å². The molecule has 0 fully saturated rings. The smallest absolute Gasteiger partial charge is 0.250 e. The van der Waals surface area contributed by atoms with Gasteiger partial charge in [0.2, 0.25) is 0 Å². The highest BCUT2D eigenvalue weighted by atomic mass is 32.1. The van der Waals surface area contributed by atoms with Gasteiger partial charge in [0.1, 0.15) is 0 Å². The van der Waals surface area contributed by atoms with Gasteiger partial charge in [0, 0.05) is 12.5 Å². The third-order valence-electron chi connectivity index (χ3n) is 2.60. The number of carbonyl (C=O) groups excluding carboxylic acids is 1. The molecule has 90 valence electrons. The van der Waals surface area contributed by atoms with Gasteiger partial charge in [0.25, 0.3) is 5.91 Å². The molecule has 1 heterocycles. The van der Waals surface area contributed by atoms with Gasteiger partial charge in [-0.3, -0.25) is 4.79 Å². The van der Waals surface area contributed by atoms with Crippen LogP contribution in [0.15, 0.2) is 29.3 Å². The molecule has 0 bridgehead atoms. The minimum absolute atomic E-state index is 0.0504. The van der Waals surface area contributed by atoms with Crippen LogP contribution in [0.3, 0.4) is 0 Å². The predicted molar refractivity (Wildman–Crippen MR) is 70.9 cm³/mol. The minimum Gasteiger partial charge on any atom is -0.317 e. The molecule has 0 aliphatic rings. The van der Waals surface area contributed by atoms with Gasteiger partial charge in [-0.15, -0.1) is 0 Å². The van der Waals surface area contributed by atoms with Crippen LogP contribution < -0.4 is 4.80 Å². The molecule has 0 aliphatic carbocycles. The van der Waals surface area contributed by atoms with Crippen molar-refractivity contribution < 1.29 is 4.79 Å². The average molecular weight is 248 g/mol. The number of hydrogen-bond donors (Lipinski definition) is 0. The highest BCUT2D eigenvalue weighted by Gasteiger charge is 2.08. The molecule has 0 saturated carbocycles. The van der Waals surface area contributed by atoms with Crippen molar-refractivity contribution >= 4 is 27.5 Å². The number of para-hydroxylation sites is 1. The summed E-state index contributed by atoms with van der Waals surface area (Å²) in [5.41, 5.74) is 1.15. The first kappa shape index (κ1) is 12.0. The third kappa shape index (κ3) is 2.31. The highest BCUT2D eigenvalue weighted by molar-refractivity contribution is 7.16. The number of hydrogen-bond acceptors (Lipinski definition) is 2. The maximum absolute atomic E-state index is 11.7. The van der Waals surface area contributed by atoms with E-state index in [2.05, 4.69) is 28.6 Å². The molecule has 1 amide bonds. The molecule has 1 aromatic heterocycles. The van der Waals surface area contributed by atoms with E-state index in [4.69, 9.17) is 0 Å². The number of aromatic nitrogens is 1. The van der Waals surface area contributed by atoms with Crippen LogP contribution in [0.2, 0.25) is 0 Å². The van der Waals surface area contributed by atoms with Gasteiger partial charge in [-0.2, -0.15) is 4.99 Å². The summed E-state index contributed by atoms with van der Waals surface area (Å²) in [4.78, 5) is 16.7. The van der Waals surface area contributed by atoms with Crippen LogP contribution in [-0.2, 0) is 11.3 Å². The summed E-state index contributed by atoms with van der Waals surface area (Å²) in [5.74, 6) is -0.107. The molecule has 2 rings (SSSR count). The van der Waals surface area contributed by atoms with Gasteiger partial charge in [-0.25, -0.2) is 0 Å². The van der Waals surface area contributed by atoms with Crippen LogP contribution >= 0.6 is 11.3 Å². The van der Waals surface area contributed by atoms with Gasteiger partial charge < -0.3 is 4.57 Å². The first-order valence-electron chi connectivity index (χ1n) is 5.80. The van der Waals surface area contributed by atoms with Gasteiger partial charge in [-0.1, -0.05) is 37.3 Å². The van der Waals surface area contributed by atoms with Gasteiger partial charge in [0.15, 0.2) is 4.80 Å². The molecule has 0 saturated heterocycles. The molecular weight excluding hydrogens is 232 g/mol. The van der Waals surface area contributed by atoms with Crippen LogP contribution in [0.4, 0.5) is 0 Å². The summed E-state index contributed by atoms with van der Waals surface area (Å²) in [6.07, 6.45) is 0. The van der Waals surface area contributed by atoms with Crippen LogP contribution in [0.1, 0.15) is 20.8 Å². The molecule has 0 spiro atoms. The van der Waals surface area contributed by atoms with Crippen LogP contribution in [0.25, 0.3) is 10.2 Å². The Morgan fingerprint density at radius 2 is 2.12 bits per heavy atom. The van der Waals surface area contributed by atoms with E-state index in [1.807, 2.05) is 26.0 Å². The Morgan fingerprint density at radius 3 is 2.76 bits per heavy atom. The lowest BCUT2D eigenvalue weighted by molar-refractivity contribution is -0.120. The summed E-state index contributed by atoms with van der Waals surface area (Å²) in [6, 6.07) is 8.14. The molecule has 0 aliphatic heterocycles. The van der Waals surface area contributed by atoms with E-state index >= 15 is 0 Å². The number of aryl methyl sites for hydroxylation is 1. The largest absolute Gasteiger partial charge is 0.317 e. The van der Waals surface area contributed by atoms with E-state index in [1.54, 1.807) is 11.3 Å². The van der Waals surface area contributed by atoms with Crippen molar-refractivity contribution in [1.29, 1.82) is 0 Å². The molecule has 0 N–H and O–H groups in total. The number of benzene rings is 1. The third-order valence-corrected chi connectivity index (χ3v) is 3.66. The maximum Gasteiger partial charge on any atom is 0.250 e. The fourth-order valence-electron chi connectivity index (χ4n) is 1.64. The topological polar surface area (TPSA) is 34.4 Å². The lowest BCUT2D eigenvalue weighted by Gasteiger charge is -2.00. The van der Waals surface area contributed by atoms with E-state index in [1.165, 1.54) is 4.70 Å². The number of thiazole rings is 1. The zero-order valence-corrected chi connectivity index (χ0v) is 11.1. The van der Waals surface area contributed by atoms with Crippen molar-refractivity contribution in [3.63, 3.8) is 0 Å². The van der Waals surface area contributed by atoms with Crippen LogP contribution in [0, 0.1) is 5.92 Å². The van der Waals surface area contributed by atoms with Crippen molar-refractivity contribution in [2.75, 3.05) is 0 Å². The Morgan fingerprint density at radius 1 is 1.41 bits per heavy atom. The predicted octanol–water partition coefficient (Wildman–Crippen LogP) is 2.81. The first-order valence-corrected chi connectivity index (χ1v) is 6.62. The van der Waals surface area contributed by atoms with Crippen LogP contribution in [-0.4, -0.2) is 10.5 Å². The van der Waals surface area contributed by atoms with Gasteiger partial charge in [-0.05, 0) is 19.1 Å². The number of nitrogens with zero attached hydrogens (tertiary/aromatic N) is 2. The molecule has 0 radical (unpaired) electrons. The monoisotopic (exact) mass is 248 g/mol. The SMILES string of the molecule is CCn1c(=NC(=O)C(C)C)sc2ccccc21. The Bertz CT molecular complexity index is 607. The fraction of sp³-hybridized carbons (Fsp3) is 0.385. The lowest BCUT2D eigenvalue weighted by atomic mass is 10.2. The zero-order valence-electron chi connectivity index (χ0n) is 10.3. The van der Waals surface area contributed by atoms with E-state index in [0.29, 0.717) is 0 Å². The lowest BCUT2D eigenvalue weighted by Crippen LogP contribution is -2.17. The van der Waals surface area contributed by atoms with Crippen molar-refractivity contribution in [2.24, 2.45) is 10.9 Å². The highest BCUT2D eigenvalue weighted by Crippen LogP contribution is 2.16. The molecule has 1 aromatic carbocycles. The molecule has 4 heteroatoms. The summed E-state index contributed by atoms with van der Waals surface area (Å²) in [5, 5.41) is 0. The quantitative estimate of drug-likeness (QED) is 0.804. The molecule has 0 atom stereocenters. The Hall–Kier alpha value is -1.42. The minimum atomic E-state index is -0.0567. The van der Waals surface area contributed by atoms with Gasteiger partial charge >= 0.3 is 0 Å². The number of fused-ring (bicyclic) bond motifs is 1. The second kappa shape index (κ2) is 4.84. The first-order chi connectivity index (χ1) is 8.13. The standard InChI is InChI=1S/C13H16N2OS/c1-4-15-10-7-5-6-8-11(10)17-13(15)14-12(16)9(2)3/h5-9H,4H2,1-3H3. The molecule has 3 nitrogen and oxygen atoms in total. The molecule has 17 heavy (non-hydrogen) atoms. The number of amides is 1. The fourth-order valence-corrected chi connectivity index (χ4v) is 2.73. The zero-order chi connectivity index (χ0) is 12.4. The Kier molecular flexibility index (Phi) is 3.43. The van der Waals surface area contributed by atoms with E-state index in [0.717, 1.165) is 16.9 Å². The molecule has 0 unspecified atom stereocenters. The van der Waals surface area contributed by atoms with Crippen molar-refractivity contribution in [3.05, 3.63) is 29.1 Å². The van der Waals surface area contributed by atoms with Crippen molar-refractivity contribution in [1.82, 2.24) is 4.57 Å². The summed E-state index contributed by atoms with van der Waals surface area (Å²) in [6.45, 7) is 6.64. The Labute approximate surface area is 104 Å². The van der Waals surface area contributed by atoms with E-state index in [-0.39, 0.29) is 11.8 Å². The van der Waals surface area contributed by atoms with Crippen molar-refractivity contribution in [2.45, 2.75) is 27.3 Å². The normalized spacial score (nSPS) is 12.6. The number of carbonyl (C=O) groups is 1. The maximum atomic E-state index is 11.7. The summed E-state index contributed by atoms with van der Waals surface area (Å²) >= 11 is 1.57. The Balaban J connectivity index is 2.65. The molecule has 2 aromatic rings. The van der Waals surface area contributed by atoms with E-state index < -0.39 is 0 Å². The van der Waals surface area contributed by atoms with Gasteiger partial charge in [0.05, 0.1) is 10.2 Å². The summed E-state index contributed by atoms with van der Waals surface area (Å²) in [7, 11) is 0.